The third kappa shape index (κ3) is 3.27. The van der Waals surface area contributed by atoms with Crippen LogP contribution in [0.25, 0.3) is 0 Å². The summed E-state index contributed by atoms with van der Waals surface area (Å²) in [5.41, 5.74) is -2.05. The molecule has 1 N–H and O–H groups in total. The van der Waals surface area contributed by atoms with E-state index in [1.807, 2.05) is 0 Å². The summed E-state index contributed by atoms with van der Waals surface area (Å²) >= 11 is 0. The highest BCUT2D eigenvalue weighted by atomic mass is 19.4. The first-order valence-electron chi connectivity index (χ1n) is 6.14. The molecule has 1 atom stereocenters. The van der Waals surface area contributed by atoms with Gasteiger partial charge in [-0.05, 0) is 25.0 Å². The lowest BCUT2D eigenvalue weighted by atomic mass is 10.1. The summed E-state index contributed by atoms with van der Waals surface area (Å²) < 4.78 is 56.6. The van der Waals surface area contributed by atoms with Gasteiger partial charge in [-0.2, -0.15) is 13.2 Å². The molecule has 0 bridgehead atoms. The van der Waals surface area contributed by atoms with Gasteiger partial charge in [0.15, 0.2) is 0 Å². The van der Waals surface area contributed by atoms with Crippen LogP contribution in [0.4, 0.5) is 17.6 Å². The second-order valence-corrected chi connectivity index (χ2v) is 4.55. The van der Waals surface area contributed by atoms with Gasteiger partial charge in [-0.25, -0.2) is 4.39 Å². The molecule has 0 saturated carbocycles. The van der Waals surface area contributed by atoms with Crippen molar-refractivity contribution in [3.8, 4) is 0 Å². The van der Waals surface area contributed by atoms with Gasteiger partial charge in [-0.3, -0.25) is 4.79 Å². The Kier molecular flexibility index (Phi) is 4.27. The SMILES string of the molecule is O=C(NC1CCCOC1)c1cccc(C(F)(F)F)c1F. The average Bonchev–Trinajstić information content (AvgIpc) is 2.38. The van der Waals surface area contributed by atoms with Crippen molar-refractivity contribution in [3.63, 3.8) is 0 Å². The molecule has 1 aromatic rings. The van der Waals surface area contributed by atoms with E-state index in [2.05, 4.69) is 5.32 Å². The number of nitrogens with one attached hydrogen (secondary N) is 1. The fraction of sp³-hybridized carbons (Fsp3) is 0.462. The smallest absolute Gasteiger partial charge is 0.379 e. The molecular formula is C13H13F4NO2. The molecule has 1 unspecified atom stereocenters. The van der Waals surface area contributed by atoms with Gasteiger partial charge in [0.2, 0.25) is 0 Å². The number of benzene rings is 1. The molecule has 1 saturated heterocycles. The molecule has 1 heterocycles. The van der Waals surface area contributed by atoms with E-state index in [1.54, 1.807) is 0 Å². The van der Waals surface area contributed by atoms with Crippen molar-refractivity contribution in [2.75, 3.05) is 13.2 Å². The Hall–Kier alpha value is -1.63. The monoisotopic (exact) mass is 291 g/mol. The van der Waals surface area contributed by atoms with Gasteiger partial charge >= 0.3 is 6.18 Å². The van der Waals surface area contributed by atoms with Crippen molar-refractivity contribution in [1.29, 1.82) is 0 Å². The van der Waals surface area contributed by atoms with Gasteiger partial charge in [0.1, 0.15) is 5.82 Å². The van der Waals surface area contributed by atoms with Crippen LogP contribution in [0.5, 0.6) is 0 Å². The molecule has 20 heavy (non-hydrogen) atoms. The van der Waals surface area contributed by atoms with Crippen LogP contribution in [-0.4, -0.2) is 25.2 Å². The van der Waals surface area contributed by atoms with Crippen molar-refractivity contribution in [3.05, 3.63) is 35.1 Å². The van der Waals surface area contributed by atoms with Crippen LogP contribution in [0.3, 0.4) is 0 Å². The lowest BCUT2D eigenvalue weighted by molar-refractivity contribution is -0.140. The Morgan fingerprint density at radius 2 is 2.10 bits per heavy atom. The van der Waals surface area contributed by atoms with Crippen LogP contribution >= 0.6 is 0 Å². The van der Waals surface area contributed by atoms with E-state index in [4.69, 9.17) is 4.74 Å². The van der Waals surface area contributed by atoms with Crippen molar-refractivity contribution < 1.29 is 27.1 Å². The maximum absolute atomic E-state index is 13.8. The van der Waals surface area contributed by atoms with Crippen LogP contribution in [0.2, 0.25) is 0 Å². The van der Waals surface area contributed by atoms with Gasteiger partial charge in [-0.1, -0.05) is 6.07 Å². The molecule has 1 aliphatic rings. The van der Waals surface area contributed by atoms with Crippen LogP contribution in [-0.2, 0) is 10.9 Å². The van der Waals surface area contributed by atoms with E-state index >= 15 is 0 Å². The van der Waals surface area contributed by atoms with Crippen LogP contribution in [0, 0.1) is 5.82 Å². The quantitative estimate of drug-likeness (QED) is 0.851. The Morgan fingerprint density at radius 1 is 1.35 bits per heavy atom. The highest BCUT2D eigenvalue weighted by Gasteiger charge is 2.35. The standard InChI is InChI=1S/C13H13F4NO2/c14-11-9(4-1-5-10(11)13(15,16)17)12(19)18-8-3-2-6-20-7-8/h1,4-5,8H,2-3,6-7H2,(H,18,19). The molecule has 1 fully saturated rings. The summed E-state index contributed by atoms with van der Waals surface area (Å²) in [7, 11) is 0. The van der Waals surface area contributed by atoms with Crippen molar-refractivity contribution >= 4 is 5.91 Å². The topological polar surface area (TPSA) is 38.3 Å². The predicted molar refractivity (Wildman–Crippen MR) is 62.7 cm³/mol. The molecule has 0 aliphatic carbocycles. The first kappa shape index (κ1) is 14.8. The number of carbonyl (C=O) groups excluding carboxylic acids is 1. The van der Waals surface area contributed by atoms with E-state index in [0.29, 0.717) is 19.1 Å². The van der Waals surface area contributed by atoms with Crippen molar-refractivity contribution in [1.82, 2.24) is 5.32 Å². The van der Waals surface area contributed by atoms with E-state index in [0.717, 1.165) is 18.6 Å². The number of amides is 1. The minimum Gasteiger partial charge on any atom is -0.379 e. The van der Waals surface area contributed by atoms with Gasteiger partial charge < -0.3 is 10.1 Å². The minimum absolute atomic E-state index is 0.284. The van der Waals surface area contributed by atoms with E-state index < -0.39 is 29.0 Å². The maximum Gasteiger partial charge on any atom is 0.419 e. The Balaban J connectivity index is 2.17. The molecule has 110 valence electrons. The first-order valence-corrected chi connectivity index (χ1v) is 6.14. The van der Waals surface area contributed by atoms with Gasteiger partial charge in [0, 0.05) is 6.61 Å². The number of alkyl halides is 3. The summed E-state index contributed by atoms with van der Waals surface area (Å²) in [4.78, 5) is 11.8. The summed E-state index contributed by atoms with van der Waals surface area (Å²) in [5.74, 6) is -2.40. The molecule has 1 amide bonds. The largest absolute Gasteiger partial charge is 0.419 e. The van der Waals surface area contributed by atoms with Crippen LogP contribution < -0.4 is 5.32 Å². The molecule has 7 heteroatoms. The number of carbonyl (C=O) groups is 1. The average molecular weight is 291 g/mol. The third-order valence-electron chi connectivity index (χ3n) is 3.04. The number of ether oxygens (including phenoxy) is 1. The molecule has 3 nitrogen and oxygen atoms in total. The summed E-state index contributed by atoms with van der Waals surface area (Å²) in [6, 6.07) is 2.35. The number of hydrogen-bond donors (Lipinski definition) is 1. The van der Waals surface area contributed by atoms with Gasteiger partial charge in [0.25, 0.3) is 5.91 Å². The van der Waals surface area contributed by atoms with E-state index in [1.165, 1.54) is 0 Å². The number of hydrogen-bond acceptors (Lipinski definition) is 2. The highest BCUT2D eigenvalue weighted by Crippen LogP contribution is 2.32. The molecule has 0 spiro atoms. The Morgan fingerprint density at radius 3 is 2.70 bits per heavy atom. The number of rotatable bonds is 2. The molecule has 1 aliphatic heterocycles. The lowest BCUT2D eigenvalue weighted by Crippen LogP contribution is -2.41. The van der Waals surface area contributed by atoms with Crippen LogP contribution in [0.15, 0.2) is 18.2 Å². The molecule has 0 radical (unpaired) electrons. The molecular weight excluding hydrogens is 278 g/mol. The van der Waals surface area contributed by atoms with Gasteiger partial charge in [-0.15, -0.1) is 0 Å². The summed E-state index contributed by atoms with van der Waals surface area (Å²) in [6.07, 6.45) is -3.42. The molecule has 0 aromatic heterocycles. The zero-order chi connectivity index (χ0) is 14.8. The predicted octanol–water partition coefficient (Wildman–Crippen LogP) is 2.75. The fourth-order valence-electron chi connectivity index (χ4n) is 2.04. The normalized spacial score (nSPS) is 19.7. The maximum atomic E-state index is 13.8. The summed E-state index contributed by atoms with van der Waals surface area (Å²) in [6.45, 7) is 0.872. The fourth-order valence-corrected chi connectivity index (χ4v) is 2.04. The van der Waals surface area contributed by atoms with Crippen molar-refractivity contribution in [2.45, 2.75) is 25.1 Å². The lowest BCUT2D eigenvalue weighted by Gasteiger charge is -2.23. The molecule has 1 aromatic carbocycles. The second kappa shape index (κ2) is 5.78. The van der Waals surface area contributed by atoms with Crippen LogP contribution in [0.1, 0.15) is 28.8 Å². The third-order valence-corrected chi connectivity index (χ3v) is 3.04. The van der Waals surface area contributed by atoms with Gasteiger partial charge in [0.05, 0.1) is 23.8 Å². The Labute approximate surface area is 112 Å². The zero-order valence-electron chi connectivity index (χ0n) is 10.5. The second-order valence-electron chi connectivity index (χ2n) is 4.55. The zero-order valence-corrected chi connectivity index (χ0v) is 10.5. The molecule has 2 rings (SSSR count). The minimum atomic E-state index is -4.83. The Bertz CT molecular complexity index is 496. The highest BCUT2D eigenvalue weighted by molar-refractivity contribution is 5.94. The van der Waals surface area contributed by atoms with E-state index in [-0.39, 0.29) is 12.6 Å². The number of halogens is 4. The van der Waals surface area contributed by atoms with Crippen molar-refractivity contribution in [2.24, 2.45) is 0 Å². The van der Waals surface area contributed by atoms with E-state index in [9.17, 15) is 22.4 Å². The first-order chi connectivity index (χ1) is 9.39. The summed E-state index contributed by atoms with van der Waals surface area (Å²) in [5, 5.41) is 2.48.